The third-order valence-corrected chi connectivity index (χ3v) is 16.0. The molecule has 0 aliphatic carbocycles. The number of aromatic hydroxyl groups is 2. The summed E-state index contributed by atoms with van der Waals surface area (Å²) in [6, 6.07) is 10.3. The molecule has 6 heterocycles. The second kappa shape index (κ2) is 22.2. The highest BCUT2D eigenvalue weighted by molar-refractivity contribution is 6.19. The number of allylic oxidation sites excluding steroid dienone is 2. The Morgan fingerprint density at radius 2 is 1.54 bits per heavy atom. The van der Waals surface area contributed by atoms with Gasteiger partial charge < -0.3 is 54.5 Å². The number of Topliss-reactive ketones (excluding diaryl/α,β-unsaturated/α-hetero) is 1. The molecule has 3 aromatic rings. The van der Waals surface area contributed by atoms with Gasteiger partial charge in [-0.15, -0.1) is 0 Å². The zero-order chi connectivity index (χ0) is 53.4. The van der Waals surface area contributed by atoms with Crippen LogP contribution in [-0.2, 0) is 25.4 Å². The maximum Gasteiger partial charge on any atom is 0.410 e. The maximum atomic E-state index is 15.0. The molecule has 3 aromatic carbocycles. The van der Waals surface area contributed by atoms with Crippen molar-refractivity contribution in [2.45, 2.75) is 117 Å². The second-order valence-electron chi connectivity index (χ2n) is 21.8. The van der Waals surface area contributed by atoms with Crippen LogP contribution in [0.25, 0.3) is 10.8 Å². The number of aliphatic hydroxyl groups excluding tert-OH is 2. The summed E-state index contributed by atoms with van der Waals surface area (Å²) >= 11 is 0. The Hall–Kier alpha value is -5.85. The van der Waals surface area contributed by atoms with E-state index in [2.05, 4.69) is 41.1 Å². The van der Waals surface area contributed by atoms with Gasteiger partial charge in [0.25, 0.3) is 11.7 Å². The summed E-state index contributed by atoms with van der Waals surface area (Å²) in [4.78, 5) is 60.0. The van der Waals surface area contributed by atoms with Crippen LogP contribution in [0.1, 0.15) is 89.7 Å². The number of fused-ring (bicyclic) bond motifs is 13. The largest absolute Gasteiger partial charge is 0.507 e. The van der Waals surface area contributed by atoms with E-state index in [-0.39, 0.29) is 55.4 Å². The van der Waals surface area contributed by atoms with E-state index >= 15 is 0 Å². The molecule has 9 rings (SSSR count). The maximum absolute atomic E-state index is 15.0. The number of carbonyl (C=O) groups is 3. The van der Waals surface area contributed by atoms with E-state index in [0.29, 0.717) is 58.0 Å². The minimum absolute atomic E-state index is 0.0356. The fourth-order valence-electron chi connectivity index (χ4n) is 11.3. The minimum atomic E-state index is -1.99. The average molecular weight is 1020 g/mol. The van der Waals surface area contributed by atoms with Gasteiger partial charge in [-0.2, -0.15) is 0 Å². The number of rotatable bonds is 7. The summed E-state index contributed by atoms with van der Waals surface area (Å²) in [6.45, 7) is 21.5. The van der Waals surface area contributed by atoms with Crippen LogP contribution in [0.15, 0.2) is 76.5 Å². The number of carbonyl (C=O) groups excluding carboxylic acids is 3. The van der Waals surface area contributed by atoms with Crippen LogP contribution in [0.3, 0.4) is 0 Å². The standard InChI is InChI=1S/C57H76N6O11/c1-32(2)31-62-24-21-57(22-25-62)59-44-41-42-49(66)38(8)52-43(41)53(68)56(9,74-52)72-30-20-40(71-10)35(5)51(73-55(70)63-28-26-61(27-29-63)23-19-39-17-12-11-13-18-39)37(7)48(65)36(6)47(64)33(3)15-14-16-34(4)54(69)58-46(50(42)67)45(44)60-57/h11-18,20,30,32-33,35-37,40,47-48,51,64-67H,19,21-29,31H2,1-10H3,(H,58,69)/b15-14+,30-20+,34-16-/t33-,35+,36+,37+,40-,47-,48+,51+,56-/m0/s1. The Balaban J connectivity index is 1.15. The van der Waals surface area contributed by atoms with Gasteiger partial charge in [0.15, 0.2) is 11.4 Å². The van der Waals surface area contributed by atoms with E-state index in [1.54, 1.807) is 63.8 Å². The number of phenols is 2. The Morgan fingerprint density at radius 3 is 2.20 bits per heavy atom. The fraction of sp³-hybridized carbons (Fsp3) is 0.561. The first kappa shape index (κ1) is 54.4. The number of anilines is 1. The quantitative estimate of drug-likeness (QED) is 0.167. The SMILES string of the molecule is CO[C@H]1/C=C/O[C@@]2(C)Oc3c(C)c(O)c4c(O)c(c5c(c4c3C2=O)=NC2(CCN(CC(C)C)CC2)N=5)NC(=O)/C(C)=C\C=C\[C@H](C)[C@H](O)[C@@H](C)[C@@H](O)[C@@H](C)[C@H](OC(=O)N2CCN(CCc3ccccc3)CC2)[C@@H]1C. The summed E-state index contributed by atoms with van der Waals surface area (Å²) < 4.78 is 25.0. The highest BCUT2D eigenvalue weighted by atomic mass is 16.7. The number of methoxy groups -OCH3 is 1. The molecule has 0 radical (unpaired) electrons. The molecule has 400 valence electrons. The van der Waals surface area contributed by atoms with Crippen LogP contribution in [-0.4, -0.2) is 148 Å². The number of benzene rings is 3. The number of nitrogens with one attached hydrogen (secondary N) is 1. The molecular formula is C57H76N6O11. The van der Waals surface area contributed by atoms with Crippen LogP contribution < -0.4 is 20.8 Å². The Bertz CT molecular complexity index is 2820. The van der Waals surface area contributed by atoms with Gasteiger partial charge in [-0.05, 0) is 37.8 Å². The summed E-state index contributed by atoms with van der Waals surface area (Å²) in [5.74, 6) is -6.08. The summed E-state index contributed by atoms with van der Waals surface area (Å²) in [7, 11) is 1.50. The van der Waals surface area contributed by atoms with Gasteiger partial charge in [0.1, 0.15) is 28.6 Å². The highest BCUT2D eigenvalue weighted by Gasteiger charge is 2.50. The number of phenolic OH excluding ortho intramolecular Hbond substituents is 2. The first-order chi connectivity index (χ1) is 35.2. The van der Waals surface area contributed by atoms with E-state index < -0.39 is 83.1 Å². The highest BCUT2D eigenvalue weighted by Crippen LogP contribution is 2.50. The number of amides is 2. The van der Waals surface area contributed by atoms with Gasteiger partial charge in [0, 0.05) is 119 Å². The molecule has 17 heteroatoms. The van der Waals surface area contributed by atoms with Crippen LogP contribution in [0, 0.1) is 36.5 Å². The lowest BCUT2D eigenvalue weighted by molar-refractivity contribution is -0.112. The topological polar surface area (TPSA) is 216 Å². The van der Waals surface area contributed by atoms with E-state index in [1.165, 1.54) is 25.9 Å². The Kier molecular flexibility index (Phi) is 16.3. The molecule has 17 nitrogen and oxygen atoms in total. The molecule has 6 aliphatic rings. The lowest BCUT2D eigenvalue weighted by Gasteiger charge is -2.40. The van der Waals surface area contributed by atoms with Crippen LogP contribution in [0.5, 0.6) is 17.2 Å². The van der Waals surface area contributed by atoms with Crippen molar-refractivity contribution >= 4 is 34.2 Å². The third-order valence-electron chi connectivity index (χ3n) is 16.0. The molecule has 6 aliphatic heterocycles. The smallest absolute Gasteiger partial charge is 0.410 e. The number of ketones is 1. The van der Waals surface area contributed by atoms with Crippen molar-refractivity contribution in [1.29, 1.82) is 0 Å². The molecule has 74 heavy (non-hydrogen) atoms. The predicted octanol–water partition coefficient (Wildman–Crippen LogP) is 6.18. The first-order valence-corrected chi connectivity index (χ1v) is 26.3. The lowest BCUT2D eigenvalue weighted by Crippen LogP contribution is -2.52. The van der Waals surface area contributed by atoms with Crippen molar-refractivity contribution in [3.8, 4) is 17.2 Å². The van der Waals surface area contributed by atoms with Gasteiger partial charge in [-0.25, -0.2) is 4.79 Å². The summed E-state index contributed by atoms with van der Waals surface area (Å²) in [5, 5.41) is 51.3. The molecule has 0 unspecified atom stereocenters. The molecule has 1 spiro atoms. The second-order valence-corrected chi connectivity index (χ2v) is 21.8. The lowest BCUT2D eigenvalue weighted by atomic mass is 9.78. The van der Waals surface area contributed by atoms with Crippen LogP contribution in [0.4, 0.5) is 10.5 Å². The number of hydrogen-bond acceptors (Lipinski definition) is 15. The van der Waals surface area contributed by atoms with Crippen LogP contribution >= 0.6 is 0 Å². The van der Waals surface area contributed by atoms with Crippen molar-refractivity contribution in [1.82, 2.24) is 14.7 Å². The van der Waals surface area contributed by atoms with Crippen molar-refractivity contribution < 1.29 is 53.8 Å². The number of ether oxygens (including phenoxy) is 4. The number of piperidine rings is 1. The number of piperazine rings is 1. The first-order valence-electron chi connectivity index (χ1n) is 26.3. The molecule has 5 bridgehead atoms. The Labute approximate surface area is 434 Å². The Morgan fingerprint density at radius 1 is 0.865 bits per heavy atom. The zero-order valence-electron chi connectivity index (χ0n) is 44.6. The number of likely N-dealkylation sites (tertiary alicyclic amines) is 1. The molecule has 5 N–H and O–H groups in total. The van der Waals surface area contributed by atoms with E-state index in [9.17, 15) is 34.8 Å². The number of nitrogens with zero attached hydrogens (tertiary/aromatic N) is 5. The monoisotopic (exact) mass is 1020 g/mol. The summed E-state index contributed by atoms with van der Waals surface area (Å²) in [6.07, 6.45) is 5.33. The number of hydrogen-bond donors (Lipinski definition) is 5. The fourth-order valence-corrected chi connectivity index (χ4v) is 11.3. The van der Waals surface area contributed by atoms with Crippen molar-refractivity contribution in [3.05, 3.63) is 93.9 Å². The molecule has 9 atom stereocenters. The van der Waals surface area contributed by atoms with Crippen molar-refractivity contribution in [2.75, 3.05) is 64.8 Å². The minimum Gasteiger partial charge on any atom is -0.507 e. The van der Waals surface area contributed by atoms with E-state index in [0.717, 1.165) is 19.5 Å². The van der Waals surface area contributed by atoms with E-state index in [1.807, 2.05) is 25.1 Å². The normalized spacial score (nSPS) is 30.5. The molecule has 2 amide bonds. The van der Waals surface area contributed by atoms with E-state index in [4.69, 9.17) is 28.9 Å². The zero-order valence-corrected chi connectivity index (χ0v) is 44.6. The molecule has 2 saturated heterocycles. The molecule has 0 aromatic heterocycles. The third kappa shape index (κ3) is 10.8. The van der Waals surface area contributed by atoms with Crippen molar-refractivity contribution in [3.63, 3.8) is 0 Å². The molecule has 0 saturated carbocycles. The van der Waals surface area contributed by atoms with Gasteiger partial charge in [0.05, 0.1) is 40.9 Å². The molecule has 2 fully saturated rings. The average Bonchev–Trinajstić information content (AvgIpc) is 3.89. The predicted molar refractivity (Wildman–Crippen MR) is 281 cm³/mol. The van der Waals surface area contributed by atoms with Crippen molar-refractivity contribution in [2.24, 2.45) is 39.6 Å². The van der Waals surface area contributed by atoms with Gasteiger partial charge in [0.2, 0.25) is 0 Å². The molecular weight excluding hydrogens is 945 g/mol. The van der Waals surface area contributed by atoms with Gasteiger partial charge in [-0.1, -0.05) is 90.1 Å². The summed E-state index contributed by atoms with van der Waals surface area (Å²) in [5.41, 5.74) is 0.659. The van der Waals surface area contributed by atoms with Gasteiger partial charge >= 0.3 is 11.9 Å². The van der Waals surface area contributed by atoms with Crippen LogP contribution in [0.2, 0.25) is 0 Å². The number of aliphatic hydroxyl groups is 2. The van der Waals surface area contributed by atoms with Gasteiger partial charge in [-0.3, -0.25) is 24.5 Å².